The van der Waals surface area contributed by atoms with Gasteiger partial charge in [-0.15, -0.1) is 0 Å². The van der Waals surface area contributed by atoms with Gasteiger partial charge in [0.05, 0.1) is 23.9 Å². The number of nitrogens with one attached hydrogen (secondary N) is 1. The van der Waals surface area contributed by atoms with Gasteiger partial charge in [0.25, 0.3) is 0 Å². The molecule has 0 spiro atoms. The van der Waals surface area contributed by atoms with E-state index in [1.54, 1.807) is 12.4 Å². The Morgan fingerprint density at radius 2 is 2.00 bits per heavy atom. The van der Waals surface area contributed by atoms with Crippen LogP contribution >= 0.6 is 0 Å². The van der Waals surface area contributed by atoms with Gasteiger partial charge < -0.3 is 10.1 Å². The number of aromatic nitrogens is 2. The molecule has 5 unspecified atom stereocenters. The van der Waals surface area contributed by atoms with Crippen molar-refractivity contribution in [3.05, 3.63) is 24.3 Å². The summed E-state index contributed by atoms with van der Waals surface area (Å²) in [5, 5.41) is 3.36. The van der Waals surface area contributed by atoms with Crippen molar-refractivity contribution in [2.45, 2.75) is 39.0 Å². The smallest absolute Gasteiger partial charge is 0.0759 e. The number of rotatable bonds is 3. The largest absolute Gasteiger partial charge is 0.375 e. The lowest BCUT2D eigenvalue weighted by atomic mass is 9.82. The maximum Gasteiger partial charge on any atom is 0.0759 e. The highest BCUT2D eigenvalue weighted by Gasteiger charge is 2.42. The molecule has 2 heterocycles. The summed E-state index contributed by atoms with van der Waals surface area (Å²) in [5.74, 6) is 0.955. The molecule has 1 aliphatic heterocycles. The van der Waals surface area contributed by atoms with Gasteiger partial charge in [-0.3, -0.25) is 9.97 Å². The molecule has 4 nitrogen and oxygen atoms in total. The van der Waals surface area contributed by atoms with Crippen molar-refractivity contribution in [1.82, 2.24) is 15.3 Å². The second kappa shape index (κ2) is 5.10. The van der Waals surface area contributed by atoms with E-state index in [9.17, 15) is 0 Å². The van der Waals surface area contributed by atoms with Gasteiger partial charge in [0.15, 0.2) is 0 Å². The van der Waals surface area contributed by atoms with Crippen LogP contribution in [0.15, 0.2) is 18.6 Å². The van der Waals surface area contributed by atoms with Crippen molar-refractivity contribution in [2.24, 2.45) is 11.8 Å². The van der Waals surface area contributed by atoms with Crippen LogP contribution in [-0.2, 0) is 4.74 Å². The van der Waals surface area contributed by atoms with Crippen molar-refractivity contribution in [1.29, 1.82) is 0 Å². The van der Waals surface area contributed by atoms with Gasteiger partial charge >= 0.3 is 0 Å². The monoisotopic (exact) mass is 235 g/mol. The third kappa shape index (κ3) is 2.33. The molecule has 1 saturated heterocycles. The minimum absolute atomic E-state index is 0.207. The lowest BCUT2D eigenvalue weighted by molar-refractivity contribution is 0.0476. The summed E-state index contributed by atoms with van der Waals surface area (Å²) < 4.78 is 5.90. The molecule has 0 aromatic carbocycles. The molecule has 2 rings (SSSR count). The molecule has 1 N–H and O–H groups in total. The van der Waals surface area contributed by atoms with Gasteiger partial charge in [-0.1, -0.05) is 6.92 Å². The molecule has 0 aliphatic carbocycles. The van der Waals surface area contributed by atoms with Gasteiger partial charge in [-0.2, -0.15) is 0 Å². The molecule has 94 valence electrons. The number of nitrogens with zero attached hydrogens (tertiary/aromatic N) is 2. The van der Waals surface area contributed by atoms with Crippen LogP contribution in [0.2, 0.25) is 0 Å². The zero-order valence-electron chi connectivity index (χ0n) is 10.9. The van der Waals surface area contributed by atoms with Gasteiger partial charge in [0.1, 0.15) is 0 Å². The topological polar surface area (TPSA) is 47.0 Å². The second-order valence-electron chi connectivity index (χ2n) is 4.88. The third-order valence-electron chi connectivity index (χ3n) is 3.92. The highest BCUT2D eigenvalue weighted by Crippen LogP contribution is 2.39. The summed E-state index contributed by atoms with van der Waals surface area (Å²) in [7, 11) is 1.97. The molecule has 1 fully saturated rings. The van der Waals surface area contributed by atoms with Crippen molar-refractivity contribution >= 4 is 0 Å². The van der Waals surface area contributed by atoms with Gasteiger partial charge in [-0.25, -0.2) is 0 Å². The second-order valence-corrected chi connectivity index (χ2v) is 4.88. The maximum absolute atomic E-state index is 5.90. The highest BCUT2D eigenvalue weighted by atomic mass is 16.5. The first-order chi connectivity index (χ1) is 8.15. The van der Waals surface area contributed by atoms with Crippen LogP contribution in [0.4, 0.5) is 0 Å². The first kappa shape index (κ1) is 12.5. The summed E-state index contributed by atoms with van der Waals surface area (Å²) >= 11 is 0. The van der Waals surface area contributed by atoms with Crippen LogP contribution in [0.5, 0.6) is 0 Å². The summed E-state index contributed by atoms with van der Waals surface area (Å²) in [4.78, 5) is 8.56. The Bertz CT molecular complexity index is 357. The van der Waals surface area contributed by atoms with Crippen LogP contribution in [0.25, 0.3) is 0 Å². The molecule has 0 radical (unpaired) electrons. The van der Waals surface area contributed by atoms with Crippen molar-refractivity contribution in [2.75, 3.05) is 7.05 Å². The molecule has 4 heteroatoms. The minimum Gasteiger partial charge on any atom is -0.375 e. The molecule has 0 bridgehead atoms. The minimum atomic E-state index is 0.207. The van der Waals surface area contributed by atoms with E-state index in [-0.39, 0.29) is 12.1 Å². The fourth-order valence-electron chi connectivity index (χ4n) is 2.88. The lowest BCUT2D eigenvalue weighted by Crippen LogP contribution is -2.33. The van der Waals surface area contributed by atoms with E-state index in [0.29, 0.717) is 17.9 Å². The maximum atomic E-state index is 5.90. The van der Waals surface area contributed by atoms with E-state index in [2.05, 4.69) is 36.1 Å². The van der Waals surface area contributed by atoms with Crippen molar-refractivity contribution in [3.63, 3.8) is 0 Å². The van der Waals surface area contributed by atoms with E-state index in [1.165, 1.54) is 0 Å². The molecule has 1 aliphatic rings. The van der Waals surface area contributed by atoms with Gasteiger partial charge in [0, 0.05) is 24.5 Å². The third-order valence-corrected chi connectivity index (χ3v) is 3.92. The van der Waals surface area contributed by atoms with Crippen molar-refractivity contribution in [3.8, 4) is 0 Å². The normalized spacial score (nSPS) is 34.8. The number of hydrogen-bond donors (Lipinski definition) is 1. The summed E-state index contributed by atoms with van der Waals surface area (Å²) in [6, 6.07) is 0.207. The Balaban J connectivity index is 2.24. The predicted molar refractivity (Wildman–Crippen MR) is 66.5 cm³/mol. The molecular weight excluding hydrogens is 214 g/mol. The Labute approximate surface area is 103 Å². The summed E-state index contributed by atoms with van der Waals surface area (Å²) in [6.07, 6.45) is 5.84. The van der Waals surface area contributed by atoms with Crippen LogP contribution in [-0.4, -0.2) is 29.2 Å². The van der Waals surface area contributed by atoms with Gasteiger partial charge in [-0.05, 0) is 26.8 Å². The number of hydrogen-bond acceptors (Lipinski definition) is 4. The van der Waals surface area contributed by atoms with E-state index in [1.807, 2.05) is 13.2 Å². The Morgan fingerprint density at radius 3 is 2.47 bits per heavy atom. The average Bonchev–Trinajstić information content (AvgIpc) is 2.58. The molecule has 5 atom stereocenters. The zero-order chi connectivity index (χ0) is 12.4. The van der Waals surface area contributed by atoms with E-state index in [0.717, 1.165) is 5.69 Å². The predicted octanol–water partition coefficient (Wildman–Crippen LogP) is 1.80. The Hall–Kier alpha value is -1.00. The molecule has 1 aromatic rings. The van der Waals surface area contributed by atoms with Crippen LogP contribution in [0, 0.1) is 11.8 Å². The lowest BCUT2D eigenvalue weighted by Gasteiger charge is -2.27. The number of ether oxygens (including phenoxy) is 1. The SMILES string of the molecule is CNC(c1cnccn1)C1C(C)OC(C)C1C. The van der Waals surface area contributed by atoms with Crippen LogP contribution < -0.4 is 5.32 Å². The molecular formula is C13H21N3O. The fraction of sp³-hybridized carbons (Fsp3) is 0.692. The first-order valence-electron chi connectivity index (χ1n) is 6.23. The first-order valence-corrected chi connectivity index (χ1v) is 6.23. The molecule has 0 saturated carbocycles. The zero-order valence-corrected chi connectivity index (χ0v) is 10.9. The van der Waals surface area contributed by atoms with Crippen LogP contribution in [0.1, 0.15) is 32.5 Å². The quantitative estimate of drug-likeness (QED) is 0.867. The highest BCUT2D eigenvalue weighted by molar-refractivity contribution is 5.07. The van der Waals surface area contributed by atoms with Gasteiger partial charge in [0.2, 0.25) is 0 Å². The summed E-state index contributed by atoms with van der Waals surface area (Å²) in [6.45, 7) is 6.54. The Kier molecular flexibility index (Phi) is 3.74. The fourth-order valence-corrected chi connectivity index (χ4v) is 2.88. The van der Waals surface area contributed by atoms with Crippen molar-refractivity contribution < 1.29 is 4.74 Å². The Morgan fingerprint density at radius 1 is 1.24 bits per heavy atom. The van der Waals surface area contributed by atoms with E-state index in [4.69, 9.17) is 4.74 Å². The van der Waals surface area contributed by atoms with E-state index >= 15 is 0 Å². The molecule has 1 aromatic heterocycles. The summed E-state index contributed by atoms with van der Waals surface area (Å²) in [5.41, 5.74) is 0.997. The van der Waals surface area contributed by atoms with E-state index < -0.39 is 0 Å². The van der Waals surface area contributed by atoms with Crippen LogP contribution in [0.3, 0.4) is 0 Å². The molecule has 0 amide bonds. The molecule has 17 heavy (non-hydrogen) atoms. The standard InChI is InChI=1S/C13H21N3O/c1-8-9(2)17-10(3)12(8)13(14-4)11-7-15-5-6-16-11/h5-10,12-14H,1-4H3. The average molecular weight is 235 g/mol.